The molecule has 1 amide bonds. The lowest BCUT2D eigenvalue weighted by atomic mass is 9.88. The number of amides is 1. The molecule has 0 bridgehead atoms. The number of hydrogen-bond acceptors (Lipinski definition) is 5. The smallest absolute Gasteiger partial charge is 0.410 e. The van der Waals surface area contributed by atoms with Crippen LogP contribution in [0.1, 0.15) is 45.4 Å². The molecule has 1 aromatic heterocycles. The second-order valence-electron chi connectivity index (χ2n) is 8.76. The van der Waals surface area contributed by atoms with Crippen LogP contribution in [0, 0.1) is 0 Å². The Kier molecular flexibility index (Phi) is 5.95. The van der Waals surface area contributed by atoms with E-state index in [0.717, 1.165) is 5.69 Å². The van der Waals surface area contributed by atoms with Crippen molar-refractivity contribution in [2.75, 3.05) is 32.7 Å². The zero-order valence-corrected chi connectivity index (χ0v) is 17.0. The molecule has 2 saturated heterocycles. The van der Waals surface area contributed by atoms with Crippen molar-refractivity contribution in [3.05, 3.63) is 18.0 Å². The first kappa shape index (κ1) is 21.0. The molecule has 1 unspecified atom stereocenters. The van der Waals surface area contributed by atoms with Gasteiger partial charge in [-0.2, -0.15) is 5.10 Å². The second-order valence-corrected chi connectivity index (χ2v) is 8.76. The molecule has 3 rings (SSSR count). The normalized spacial score (nSPS) is 23.4. The van der Waals surface area contributed by atoms with Gasteiger partial charge in [0.1, 0.15) is 11.7 Å². The molecule has 2 fully saturated rings. The Bertz CT molecular complexity index is 681. The molecule has 1 atom stereocenters. The van der Waals surface area contributed by atoms with Gasteiger partial charge in [-0.3, -0.25) is 9.58 Å². The second kappa shape index (κ2) is 7.94. The van der Waals surface area contributed by atoms with Gasteiger partial charge in [0.15, 0.2) is 0 Å². The molecule has 158 valence electrons. The Morgan fingerprint density at radius 2 is 2.07 bits per heavy atom. The van der Waals surface area contributed by atoms with Crippen molar-refractivity contribution < 1.29 is 23.0 Å². The van der Waals surface area contributed by atoms with Crippen molar-refractivity contribution in [1.82, 2.24) is 19.6 Å². The number of aryl methyl sites for hydroxylation is 1. The van der Waals surface area contributed by atoms with E-state index in [2.05, 4.69) is 5.10 Å². The topological polar surface area (TPSA) is 59.8 Å². The average Bonchev–Trinajstić information content (AvgIpc) is 2.99. The van der Waals surface area contributed by atoms with Gasteiger partial charge in [-0.1, -0.05) is 0 Å². The highest BCUT2D eigenvalue weighted by atomic mass is 19.3. The lowest BCUT2D eigenvalue weighted by molar-refractivity contribution is -0.182. The van der Waals surface area contributed by atoms with Crippen molar-refractivity contribution in [2.45, 2.75) is 57.3 Å². The van der Waals surface area contributed by atoms with Gasteiger partial charge in [-0.15, -0.1) is 0 Å². The number of aromatic nitrogens is 2. The van der Waals surface area contributed by atoms with Crippen LogP contribution in [0.2, 0.25) is 0 Å². The summed E-state index contributed by atoms with van der Waals surface area (Å²) in [6.07, 6.45) is -0.125. The van der Waals surface area contributed by atoms with Gasteiger partial charge in [-0.05, 0) is 39.7 Å². The summed E-state index contributed by atoms with van der Waals surface area (Å²) in [6, 6.07) is 1.86. The van der Waals surface area contributed by atoms with E-state index in [4.69, 9.17) is 9.47 Å². The number of likely N-dealkylation sites (tertiary alicyclic amines) is 1. The molecule has 3 heterocycles. The third-order valence-electron chi connectivity index (χ3n) is 5.11. The molecule has 0 aliphatic carbocycles. The molecule has 9 heteroatoms. The summed E-state index contributed by atoms with van der Waals surface area (Å²) < 4.78 is 39.7. The largest absolute Gasteiger partial charge is 0.444 e. The summed E-state index contributed by atoms with van der Waals surface area (Å²) >= 11 is 0. The Hall–Kier alpha value is -1.74. The minimum absolute atomic E-state index is 0.287. The van der Waals surface area contributed by atoms with Crippen molar-refractivity contribution in [2.24, 2.45) is 7.05 Å². The predicted octanol–water partition coefficient (Wildman–Crippen LogP) is 2.83. The van der Waals surface area contributed by atoms with Crippen LogP contribution in [0.15, 0.2) is 12.3 Å². The summed E-state index contributed by atoms with van der Waals surface area (Å²) in [5.41, 5.74) is -0.366. The Balaban J connectivity index is 1.70. The van der Waals surface area contributed by atoms with Gasteiger partial charge in [0.2, 0.25) is 0 Å². The van der Waals surface area contributed by atoms with Gasteiger partial charge in [0.25, 0.3) is 6.43 Å². The van der Waals surface area contributed by atoms with Crippen LogP contribution < -0.4 is 0 Å². The SMILES string of the molecule is Cn1ccc(C2CN(CC(F)F)CC3(CCN(C(=O)OC(C)(C)C)CC3)O2)n1. The zero-order valence-electron chi connectivity index (χ0n) is 17.0. The van der Waals surface area contributed by atoms with E-state index in [1.165, 1.54) is 0 Å². The van der Waals surface area contributed by atoms with E-state index >= 15 is 0 Å². The van der Waals surface area contributed by atoms with Crippen molar-refractivity contribution in [3.8, 4) is 0 Å². The number of hydrogen-bond donors (Lipinski definition) is 0. The molecule has 7 nitrogen and oxygen atoms in total. The first-order valence-corrected chi connectivity index (χ1v) is 9.71. The first-order valence-electron chi connectivity index (χ1n) is 9.71. The summed E-state index contributed by atoms with van der Waals surface area (Å²) in [5, 5.41) is 4.40. The summed E-state index contributed by atoms with van der Waals surface area (Å²) in [4.78, 5) is 15.8. The third-order valence-corrected chi connectivity index (χ3v) is 5.11. The molecule has 0 saturated carbocycles. The van der Waals surface area contributed by atoms with Gasteiger partial charge < -0.3 is 14.4 Å². The Morgan fingerprint density at radius 3 is 2.61 bits per heavy atom. The van der Waals surface area contributed by atoms with Crippen molar-refractivity contribution in [3.63, 3.8) is 0 Å². The van der Waals surface area contributed by atoms with Gasteiger partial charge >= 0.3 is 6.09 Å². The Labute approximate surface area is 164 Å². The Morgan fingerprint density at radius 1 is 1.39 bits per heavy atom. The molecule has 28 heavy (non-hydrogen) atoms. The van der Waals surface area contributed by atoms with Gasteiger partial charge in [0.05, 0.1) is 17.8 Å². The number of nitrogens with zero attached hydrogens (tertiary/aromatic N) is 4. The quantitative estimate of drug-likeness (QED) is 0.781. The van der Waals surface area contributed by atoms with Gasteiger partial charge in [-0.25, -0.2) is 13.6 Å². The first-order chi connectivity index (χ1) is 13.1. The van der Waals surface area contributed by atoms with Crippen molar-refractivity contribution in [1.29, 1.82) is 0 Å². The number of carbonyl (C=O) groups is 1. The minimum Gasteiger partial charge on any atom is -0.444 e. The molecular weight excluding hydrogens is 370 g/mol. The zero-order chi connectivity index (χ0) is 20.5. The van der Waals surface area contributed by atoms with Crippen LogP contribution in [0.25, 0.3) is 0 Å². The molecule has 0 N–H and O–H groups in total. The number of piperidine rings is 1. The van der Waals surface area contributed by atoms with Crippen LogP contribution in [-0.4, -0.2) is 76.0 Å². The van der Waals surface area contributed by atoms with Crippen LogP contribution in [0.4, 0.5) is 13.6 Å². The number of halogens is 2. The molecule has 1 aromatic rings. The predicted molar refractivity (Wildman–Crippen MR) is 99.3 cm³/mol. The van der Waals surface area contributed by atoms with E-state index in [1.807, 2.05) is 40.1 Å². The lowest BCUT2D eigenvalue weighted by Gasteiger charge is -2.49. The number of carbonyl (C=O) groups excluding carboxylic acids is 1. The lowest BCUT2D eigenvalue weighted by Crippen LogP contribution is -2.59. The maximum atomic E-state index is 13.1. The van der Waals surface area contributed by atoms with Crippen LogP contribution in [0.5, 0.6) is 0 Å². The van der Waals surface area contributed by atoms with Gasteiger partial charge in [0, 0.05) is 39.4 Å². The maximum absolute atomic E-state index is 13.1. The number of morpholine rings is 1. The van der Waals surface area contributed by atoms with E-state index < -0.39 is 17.6 Å². The monoisotopic (exact) mass is 400 g/mol. The van der Waals surface area contributed by atoms with E-state index in [-0.39, 0.29) is 18.7 Å². The van der Waals surface area contributed by atoms with E-state index in [1.54, 1.807) is 14.5 Å². The fraction of sp³-hybridized carbons (Fsp3) is 0.789. The average molecular weight is 400 g/mol. The molecule has 2 aliphatic rings. The number of alkyl halides is 2. The fourth-order valence-electron chi connectivity index (χ4n) is 3.88. The highest BCUT2D eigenvalue weighted by Gasteiger charge is 2.45. The summed E-state index contributed by atoms with van der Waals surface area (Å²) in [7, 11) is 1.82. The van der Waals surface area contributed by atoms with Crippen molar-refractivity contribution >= 4 is 6.09 Å². The summed E-state index contributed by atoms with van der Waals surface area (Å²) in [6.45, 7) is 6.99. The highest BCUT2D eigenvalue weighted by Crippen LogP contribution is 2.37. The van der Waals surface area contributed by atoms with Crippen LogP contribution in [-0.2, 0) is 16.5 Å². The van der Waals surface area contributed by atoms with Crippen LogP contribution in [0.3, 0.4) is 0 Å². The number of rotatable bonds is 3. The van der Waals surface area contributed by atoms with E-state index in [9.17, 15) is 13.6 Å². The minimum atomic E-state index is -2.40. The third kappa shape index (κ3) is 5.20. The van der Waals surface area contributed by atoms with Crippen LogP contribution >= 0.6 is 0 Å². The molecule has 0 aromatic carbocycles. The molecule has 0 radical (unpaired) electrons. The molecule has 1 spiro atoms. The molecule has 2 aliphatic heterocycles. The summed E-state index contributed by atoms with van der Waals surface area (Å²) in [5.74, 6) is 0. The standard InChI is InChI=1S/C19H30F2N4O3/c1-18(2,3)28-17(26)25-9-6-19(7-10-25)13-24(12-16(20)21)11-15(27-19)14-5-8-23(4)22-14/h5,8,15-16H,6-7,9-13H2,1-4H3. The fourth-order valence-corrected chi connectivity index (χ4v) is 3.88. The number of ether oxygens (including phenoxy) is 2. The molecular formula is C19H30F2N4O3. The van der Waals surface area contributed by atoms with E-state index in [0.29, 0.717) is 39.0 Å². The maximum Gasteiger partial charge on any atom is 0.410 e. The highest BCUT2D eigenvalue weighted by molar-refractivity contribution is 5.68.